The Morgan fingerprint density at radius 2 is 1.85 bits per heavy atom. The smallest absolute Gasteiger partial charge is 0.338 e. The second-order valence-electron chi connectivity index (χ2n) is 6.87. The Hall–Kier alpha value is -2.95. The second-order valence-corrected chi connectivity index (χ2v) is 6.87. The van der Waals surface area contributed by atoms with Crippen LogP contribution in [0.5, 0.6) is 0 Å². The van der Waals surface area contributed by atoms with Crippen LogP contribution in [-0.4, -0.2) is 31.2 Å². The molecule has 0 atom stereocenters. The van der Waals surface area contributed by atoms with E-state index in [9.17, 15) is 4.79 Å². The summed E-state index contributed by atoms with van der Waals surface area (Å²) >= 11 is 0. The molecule has 0 saturated carbocycles. The molecule has 0 unspecified atom stereocenters. The molecule has 0 N–H and O–H groups in total. The largest absolute Gasteiger partial charge is 0.465 e. The Bertz CT molecular complexity index is 966. The third-order valence-corrected chi connectivity index (χ3v) is 5.34. The van der Waals surface area contributed by atoms with Crippen LogP contribution in [-0.2, 0) is 10.4 Å². The van der Waals surface area contributed by atoms with Crippen LogP contribution in [0.2, 0.25) is 0 Å². The lowest BCUT2D eigenvalue weighted by atomic mass is 9.86. The van der Waals surface area contributed by atoms with Crippen LogP contribution in [0.1, 0.15) is 28.8 Å². The summed E-state index contributed by atoms with van der Waals surface area (Å²) < 4.78 is 20.2. The Labute approximate surface area is 157 Å². The molecule has 0 aliphatic carbocycles. The van der Waals surface area contributed by atoms with E-state index in [1.165, 1.54) is 7.11 Å². The maximum absolute atomic E-state index is 15.4. The summed E-state index contributed by atoms with van der Waals surface area (Å²) in [5, 5.41) is 0.752. The van der Waals surface area contributed by atoms with Crippen molar-refractivity contribution in [3.05, 3.63) is 71.9 Å². The zero-order chi connectivity index (χ0) is 18.9. The fraction of sp³-hybridized carbons (Fsp3) is 0.273. The summed E-state index contributed by atoms with van der Waals surface area (Å²) in [6.45, 7) is 1.23. The Balaban J connectivity index is 1.60. The molecule has 1 saturated heterocycles. The first-order chi connectivity index (χ1) is 13.1. The summed E-state index contributed by atoms with van der Waals surface area (Å²) in [7, 11) is 1.37. The molecule has 1 aliphatic rings. The molecule has 5 heteroatoms. The lowest BCUT2D eigenvalue weighted by Crippen LogP contribution is -2.40. The quantitative estimate of drug-likeness (QED) is 0.643. The van der Waals surface area contributed by atoms with Crippen molar-refractivity contribution in [2.24, 2.45) is 0 Å². The number of hydrogen-bond acceptors (Lipinski definition) is 4. The molecule has 0 radical (unpaired) electrons. The van der Waals surface area contributed by atoms with E-state index in [-0.39, 0.29) is 5.97 Å². The summed E-state index contributed by atoms with van der Waals surface area (Å²) in [6.07, 6.45) is 2.48. The second kappa shape index (κ2) is 6.99. The van der Waals surface area contributed by atoms with Crippen molar-refractivity contribution < 1.29 is 13.9 Å². The van der Waals surface area contributed by atoms with Gasteiger partial charge in [0.1, 0.15) is 5.67 Å². The van der Waals surface area contributed by atoms with Gasteiger partial charge in [-0.05, 0) is 29.8 Å². The number of rotatable bonds is 3. The summed E-state index contributed by atoms with van der Waals surface area (Å²) in [5.74, 6) is -0.384. The number of alkyl halides is 1. The number of carbonyl (C=O) groups excluding carboxylic acids is 1. The van der Waals surface area contributed by atoms with Crippen molar-refractivity contribution in [2.75, 3.05) is 25.1 Å². The van der Waals surface area contributed by atoms with Crippen molar-refractivity contribution >= 4 is 22.6 Å². The predicted molar refractivity (Wildman–Crippen MR) is 104 cm³/mol. The van der Waals surface area contributed by atoms with Gasteiger partial charge < -0.3 is 9.64 Å². The molecule has 2 heterocycles. The molecule has 1 aromatic heterocycles. The fourth-order valence-corrected chi connectivity index (χ4v) is 3.76. The molecule has 4 nitrogen and oxygen atoms in total. The van der Waals surface area contributed by atoms with E-state index in [0.717, 1.165) is 22.2 Å². The number of nitrogens with zero attached hydrogens (tertiary/aromatic N) is 2. The highest BCUT2D eigenvalue weighted by Crippen LogP contribution is 2.38. The molecule has 138 valence electrons. The van der Waals surface area contributed by atoms with E-state index < -0.39 is 5.67 Å². The standard InChI is InChI=1S/C22H21FN2O2/c1-27-21(26)18-9-12-24-20-8-7-17(15-19(18)20)25-13-10-22(23,11-14-25)16-5-3-2-4-6-16/h2-9,12,15H,10-11,13-14H2,1H3. The first-order valence-corrected chi connectivity index (χ1v) is 9.07. The maximum Gasteiger partial charge on any atom is 0.338 e. The van der Waals surface area contributed by atoms with Crippen LogP contribution in [0.15, 0.2) is 60.8 Å². The van der Waals surface area contributed by atoms with Crippen LogP contribution in [0, 0.1) is 0 Å². The molecule has 0 amide bonds. The SMILES string of the molecule is COC(=O)c1ccnc2ccc(N3CCC(F)(c4ccccc4)CC3)cc12. The van der Waals surface area contributed by atoms with Gasteiger partial charge in [0.05, 0.1) is 18.2 Å². The van der Waals surface area contributed by atoms with E-state index >= 15 is 4.39 Å². The lowest BCUT2D eigenvalue weighted by molar-refractivity contribution is 0.0603. The summed E-state index contributed by atoms with van der Waals surface area (Å²) in [5.41, 5.74) is 1.66. The number of fused-ring (bicyclic) bond motifs is 1. The minimum atomic E-state index is -1.28. The molecular formula is C22H21FN2O2. The van der Waals surface area contributed by atoms with Crippen molar-refractivity contribution in [2.45, 2.75) is 18.5 Å². The summed E-state index contributed by atoms with van der Waals surface area (Å²) in [4.78, 5) is 18.5. The number of methoxy groups -OCH3 is 1. The van der Waals surface area contributed by atoms with Gasteiger partial charge in [-0.25, -0.2) is 9.18 Å². The zero-order valence-electron chi connectivity index (χ0n) is 15.2. The average Bonchev–Trinajstić information content (AvgIpc) is 2.73. The molecule has 0 spiro atoms. The van der Waals surface area contributed by atoms with Crippen LogP contribution in [0.3, 0.4) is 0 Å². The molecule has 0 bridgehead atoms. The normalized spacial score (nSPS) is 16.3. The Morgan fingerprint density at radius 3 is 2.56 bits per heavy atom. The first-order valence-electron chi connectivity index (χ1n) is 9.07. The number of ether oxygens (including phenoxy) is 1. The number of hydrogen-bond donors (Lipinski definition) is 0. The van der Waals surface area contributed by atoms with Crippen LogP contribution in [0.4, 0.5) is 10.1 Å². The average molecular weight is 364 g/mol. The van der Waals surface area contributed by atoms with Crippen molar-refractivity contribution in [3.8, 4) is 0 Å². The van der Waals surface area contributed by atoms with Gasteiger partial charge >= 0.3 is 5.97 Å². The molecular weight excluding hydrogens is 343 g/mol. The van der Waals surface area contributed by atoms with Gasteiger partial charge in [-0.1, -0.05) is 30.3 Å². The van der Waals surface area contributed by atoms with Gasteiger partial charge in [-0.15, -0.1) is 0 Å². The number of halogens is 1. The van der Waals surface area contributed by atoms with Crippen molar-refractivity contribution in [3.63, 3.8) is 0 Å². The number of piperidine rings is 1. The lowest BCUT2D eigenvalue weighted by Gasteiger charge is -2.38. The van der Waals surface area contributed by atoms with Gasteiger partial charge in [0.2, 0.25) is 0 Å². The maximum atomic E-state index is 15.4. The number of carbonyl (C=O) groups is 1. The van der Waals surface area contributed by atoms with E-state index in [1.807, 2.05) is 48.5 Å². The number of anilines is 1. The third kappa shape index (κ3) is 3.25. The minimum absolute atomic E-state index is 0.384. The molecule has 4 rings (SSSR count). The van der Waals surface area contributed by atoms with Crippen LogP contribution < -0.4 is 4.90 Å². The highest BCUT2D eigenvalue weighted by molar-refractivity contribution is 6.04. The number of pyridine rings is 1. The van der Waals surface area contributed by atoms with E-state index in [1.54, 1.807) is 12.3 Å². The Kier molecular flexibility index (Phi) is 4.52. The zero-order valence-corrected chi connectivity index (χ0v) is 15.2. The number of aromatic nitrogens is 1. The van der Waals surface area contributed by atoms with Crippen molar-refractivity contribution in [1.29, 1.82) is 0 Å². The van der Waals surface area contributed by atoms with Crippen molar-refractivity contribution in [1.82, 2.24) is 4.98 Å². The highest BCUT2D eigenvalue weighted by Gasteiger charge is 2.36. The van der Waals surface area contributed by atoms with Gasteiger partial charge in [-0.2, -0.15) is 0 Å². The topological polar surface area (TPSA) is 42.4 Å². The van der Waals surface area contributed by atoms with E-state index in [2.05, 4.69) is 9.88 Å². The minimum Gasteiger partial charge on any atom is -0.465 e. The summed E-state index contributed by atoms with van der Waals surface area (Å²) in [6, 6.07) is 16.9. The van der Waals surface area contributed by atoms with Gasteiger partial charge in [0, 0.05) is 43.2 Å². The van der Waals surface area contributed by atoms with Gasteiger partial charge in [0.15, 0.2) is 0 Å². The van der Waals surface area contributed by atoms with E-state index in [4.69, 9.17) is 4.74 Å². The Morgan fingerprint density at radius 1 is 1.11 bits per heavy atom. The van der Waals surface area contributed by atoms with Crippen LogP contribution >= 0.6 is 0 Å². The number of esters is 1. The van der Waals surface area contributed by atoms with Gasteiger partial charge in [-0.3, -0.25) is 4.98 Å². The monoisotopic (exact) mass is 364 g/mol. The molecule has 27 heavy (non-hydrogen) atoms. The highest BCUT2D eigenvalue weighted by atomic mass is 19.1. The first kappa shape index (κ1) is 17.5. The third-order valence-electron chi connectivity index (χ3n) is 5.34. The molecule has 3 aromatic rings. The van der Waals surface area contributed by atoms with Gasteiger partial charge in [0.25, 0.3) is 0 Å². The number of benzene rings is 2. The molecule has 1 aliphatic heterocycles. The van der Waals surface area contributed by atoms with Crippen LogP contribution in [0.25, 0.3) is 10.9 Å². The predicted octanol–water partition coefficient (Wildman–Crippen LogP) is 4.49. The fourth-order valence-electron chi connectivity index (χ4n) is 3.76. The molecule has 1 fully saturated rings. The molecule has 2 aromatic carbocycles. The van der Waals surface area contributed by atoms with E-state index in [0.29, 0.717) is 31.5 Å².